The highest BCUT2D eigenvalue weighted by Crippen LogP contribution is 2.22. The molecule has 0 aliphatic heterocycles. The van der Waals surface area contributed by atoms with Gasteiger partial charge in [0.1, 0.15) is 11.9 Å². The van der Waals surface area contributed by atoms with Crippen molar-refractivity contribution in [1.82, 2.24) is 4.98 Å². The summed E-state index contributed by atoms with van der Waals surface area (Å²) >= 11 is 4.68. The average molecular weight is 322 g/mol. The molecule has 2 aromatic heterocycles. The number of pyridine rings is 1. The van der Waals surface area contributed by atoms with Gasteiger partial charge in [0.2, 0.25) is 0 Å². The molecule has 90 valence electrons. The summed E-state index contributed by atoms with van der Waals surface area (Å²) in [6.07, 6.45) is 1.45. The highest BCUT2D eigenvalue weighted by Gasteiger charge is 2.16. The van der Waals surface area contributed by atoms with Crippen molar-refractivity contribution in [3.63, 3.8) is 0 Å². The molecule has 6 heteroatoms. The van der Waals surface area contributed by atoms with Crippen molar-refractivity contribution in [2.45, 2.75) is 0 Å². The van der Waals surface area contributed by atoms with Crippen LogP contribution in [0.2, 0.25) is 0 Å². The molecule has 0 radical (unpaired) electrons. The largest absolute Gasteiger partial charge is 0.295 e. The lowest BCUT2D eigenvalue weighted by Gasteiger charge is -2.14. The standard InChI is InChI=1S/C12H8BrN3OS/c1-16(11-3-2-8(5-14)6-15-11)12(17)10-4-9(13)7-18-10/h2-4,6-7H,1H3. The molecule has 0 N–H and O–H groups in total. The zero-order chi connectivity index (χ0) is 13.1. The molecule has 2 aromatic rings. The Morgan fingerprint density at radius 1 is 1.56 bits per heavy atom. The van der Waals surface area contributed by atoms with E-state index < -0.39 is 0 Å². The smallest absolute Gasteiger partial charge is 0.269 e. The van der Waals surface area contributed by atoms with Crippen LogP contribution in [0.25, 0.3) is 0 Å². The van der Waals surface area contributed by atoms with E-state index >= 15 is 0 Å². The highest BCUT2D eigenvalue weighted by molar-refractivity contribution is 9.10. The summed E-state index contributed by atoms with van der Waals surface area (Å²) in [4.78, 5) is 18.3. The predicted octanol–water partition coefficient (Wildman–Crippen LogP) is 3.05. The van der Waals surface area contributed by atoms with Crippen LogP contribution >= 0.6 is 27.3 Å². The molecule has 0 saturated heterocycles. The lowest BCUT2D eigenvalue weighted by molar-refractivity contribution is 0.0996. The van der Waals surface area contributed by atoms with Crippen molar-refractivity contribution in [2.24, 2.45) is 0 Å². The van der Waals surface area contributed by atoms with Crippen molar-refractivity contribution in [2.75, 3.05) is 11.9 Å². The number of halogens is 1. The number of anilines is 1. The molecule has 2 rings (SSSR count). The van der Waals surface area contributed by atoms with Crippen LogP contribution < -0.4 is 4.90 Å². The third kappa shape index (κ3) is 2.58. The molecule has 18 heavy (non-hydrogen) atoms. The summed E-state index contributed by atoms with van der Waals surface area (Å²) in [6, 6.07) is 7.05. The topological polar surface area (TPSA) is 57.0 Å². The average Bonchev–Trinajstić information content (AvgIpc) is 2.84. The molecule has 0 aromatic carbocycles. The third-order valence-electron chi connectivity index (χ3n) is 2.30. The maximum absolute atomic E-state index is 12.1. The fraction of sp³-hybridized carbons (Fsp3) is 0.0833. The maximum atomic E-state index is 12.1. The van der Waals surface area contributed by atoms with Gasteiger partial charge in [-0.1, -0.05) is 0 Å². The molecule has 1 amide bonds. The number of aromatic nitrogens is 1. The number of carbonyl (C=O) groups is 1. The Labute approximate surface area is 117 Å². The van der Waals surface area contributed by atoms with Gasteiger partial charge >= 0.3 is 0 Å². The number of thiophene rings is 1. The fourth-order valence-corrected chi connectivity index (χ4v) is 2.75. The molecule has 0 saturated carbocycles. The van der Waals surface area contributed by atoms with Gasteiger partial charge in [-0.2, -0.15) is 5.26 Å². The summed E-state index contributed by atoms with van der Waals surface area (Å²) in [5, 5.41) is 10.5. The monoisotopic (exact) mass is 321 g/mol. The minimum atomic E-state index is -0.122. The van der Waals surface area contributed by atoms with Crippen LogP contribution in [-0.4, -0.2) is 17.9 Å². The number of nitrogens with zero attached hydrogens (tertiary/aromatic N) is 3. The Morgan fingerprint density at radius 2 is 2.33 bits per heavy atom. The molecule has 0 unspecified atom stereocenters. The van der Waals surface area contributed by atoms with E-state index in [4.69, 9.17) is 5.26 Å². The summed E-state index contributed by atoms with van der Waals surface area (Å²) in [5.74, 6) is 0.395. The zero-order valence-corrected chi connectivity index (χ0v) is 11.8. The molecule has 4 nitrogen and oxygen atoms in total. The summed E-state index contributed by atoms with van der Waals surface area (Å²) in [5.41, 5.74) is 0.471. The zero-order valence-electron chi connectivity index (χ0n) is 9.42. The van der Waals surface area contributed by atoms with Crippen LogP contribution in [0.15, 0.2) is 34.2 Å². The highest BCUT2D eigenvalue weighted by atomic mass is 79.9. The number of rotatable bonds is 2. The van der Waals surface area contributed by atoms with Crippen molar-refractivity contribution in [3.05, 3.63) is 44.7 Å². The molecule has 0 aliphatic carbocycles. The molecule has 0 fully saturated rings. The number of hydrogen-bond acceptors (Lipinski definition) is 4. The first-order chi connectivity index (χ1) is 8.61. The Balaban J connectivity index is 2.23. The summed E-state index contributed by atoms with van der Waals surface area (Å²) in [6.45, 7) is 0. The van der Waals surface area contributed by atoms with E-state index in [1.54, 1.807) is 25.2 Å². The van der Waals surface area contributed by atoms with Crippen LogP contribution in [0.1, 0.15) is 15.2 Å². The Bertz CT molecular complexity index is 615. The van der Waals surface area contributed by atoms with Gasteiger partial charge in [-0.05, 0) is 34.1 Å². The molecule has 0 atom stereocenters. The first-order valence-electron chi connectivity index (χ1n) is 5.00. The number of nitriles is 1. The van der Waals surface area contributed by atoms with Gasteiger partial charge < -0.3 is 0 Å². The maximum Gasteiger partial charge on any atom is 0.269 e. The second kappa shape index (κ2) is 5.29. The normalized spacial score (nSPS) is 9.83. The van der Waals surface area contributed by atoms with E-state index in [0.29, 0.717) is 16.3 Å². The van der Waals surface area contributed by atoms with Gasteiger partial charge in [-0.15, -0.1) is 11.3 Å². The minimum Gasteiger partial charge on any atom is -0.295 e. The van der Waals surface area contributed by atoms with Crippen LogP contribution in [0.5, 0.6) is 0 Å². The Kier molecular flexibility index (Phi) is 3.75. The second-order valence-corrected chi connectivity index (χ2v) is 5.34. The van der Waals surface area contributed by atoms with E-state index in [2.05, 4.69) is 20.9 Å². The fourth-order valence-electron chi connectivity index (χ4n) is 1.35. The van der Waals surface area contributed by atoms with Gasteiger partial charge in [0.15, 0.2) is 0 Å². The first-order valence-corrected chi connectivity index (χ1v) is 6.67. The van der Waals surface area contributed by atoms with Crippen LogP contribution in [-0.2, 0) is 0 Å². The Morgan fingerprint density at radius 3 is 2.83 bits per heavy atom. The first kappa shape index (κ1) is 12.7. The van der Waals surface area contributed by atoms with Crippen molar-refractivity contribution >= 4 is 39.0 Å². The van der Waals surface area contributed by atoms with Crippen LogP contribution in [0.4, 0.5) is 5.82 Å². The molecule has 0 spiro atoms. The molecular formula is C12H8BrN3OS. The predicted molar refractivity (Wildman–Crippen MR) is 73.7 cm³/mol. The van der Waals surface area contributed by atoms with E-state index in [9.17, 15) is 4.79 Å². The number of carbonyl (C=O) groups excluding carboxylic acids is 1. The van der Waals surface area contributed by atoms with E-state index in [0.717, 1.165) is 4.47 Å². The third-order valence-corrected chi connectivity index (χ3v) is 3.98. The van der Waals surface area contributed by atoms with Crippen molar-refractivity contribution in [1.29, 1.82) is 5.26 Å². The summed E-state index contributed by atoms with van der Waals surface area (Å²) in [7, 11) is 1.66. The molecular weight excluding hydrogens is 314 g/mol. The van der Waals surface area contributed by atoms with Crippen LogP contribution in [0.3, 0.4) is 0 Å². The van der Waals surface area contributed by atoms with Crippen molar-refractivity contribution < 1.29 is 4.79 Å². The van der Waals surface area contributed by atoms with Gasteiger partial charge in [0, 0.05) is 23.1 Å². The van der Waals surface area contributed by atoms with Gasteiger partial charge in [0.05, 0.1) is 10.4 Å². The van der Waals surface area contributed by atoms with Crippen molar-refractivity contribution in [3.8, 4) is 6.07 Å². The lowest BCUT2D eigenvalue weighted by atomic mass is 10.3. The molecule has 0 aliphatic rings. The van der Waals surface area contributed by atoms with Gasteiger partial charge in [-0.25, -0.2) is 4.98 Å². The molecule has 2 heterocycles. The second-order valence-electron chi connectivity index (χ2n) is 3.51. The summed E-state index contributed by atoms with van der Waals surface area (Å²) < 4.78 is 0.886. The quantitative estimate of drug-likeness (QED) is 0.854. The Hall–Kier alpha value is -1.71. The SMILES string of the molecule is CN(C(=O)c1cc(Br)cs1)c1ccc(C#N)cn1. The number of amides is 1. The minimum absolute atomic E-state index is 0.122. The van der Waals surface area contributed by atoms with Gasteiger partial charge in [0.25, 0.3) is 5.91 Å². The number of hydrogen-bond donors (Lipinski definition) is 0. The van der Waals surface area contributed by atoms with Gasteiger partial charge in [-0.3, -0.25) is 9.69 Å². The molecule has 0 bridgehead atoms. The van der Waals surface area contributed by atoms with E-state index in [-0.39, 0.29) is 5.91 Å². The lowest BCUT2D eigenvalue weighted by Crippen LogP contribution is -2.26. The van der Waals surface area contributed by atoms with E-state index in [1.807, 2.05) is 11.4 Å². The van der Waals surface area contributed by atoms with E-state index in [1.165, 1.54) is 22.4 Å². The van der Waals surface area contributed by atoms with Crippen LogP contribution in [0, 0.1) is 11.3 Å².